The Morgan fingerprint density at radius 3 is 2.09 bits per heavy atom. The van der Waals surface area contributed by atoms with Crippen LogP contribution >= 0.6 is 0 Å². The number of ketones is 1. The molecular formula is C36H44N2O5. The van der Waals surface area contributed by atoms with E-state index in [1.54, 1.807) is 29.2 Å². The molecule has 4 rings (SSSR count). The Hall–Kier alpha value is -4.10. The standard InChI is InChI=1S/C36H44N2O5/c1-5-8-24-42-30-18-14-28(15-19-30)33-32(35(40)36(41)38(33)23-9-22-37(6-2)7-3)34(39)29-16-20-31(21-17-29)43-25-27-12-10-26(4)11-13-27/h10-21,33,39H,5-9,22-25H2,1-4H3/t33-/m1/s1. The van der Waals surface area contributed by atoms with Crippen LogP contribution in [0.2, 0.25) is 0 Å². The Morgan fingerprint density at radius 2 is 1.47 bits per heavy atom. The van der Waals surface area contributed by atoms with E-state index in [1.807, 2.05) is 55.5 Å². The van der Waals surface area contributed by atoms with Gasteiger partial charge in [-0.05, 0) is 86.9 Å². The fourth-order valence-electron chi connectivity index (χ4n) is 5.26. The molecule has 7 nitrogen and oxygen atoms in total. The van der Waals surface area contributed by atoms with Gasteiger partial charge in [0.1, 0.15) is 23.9 Å². The number of benzene rings is 3. The first kappa shape index (κ1) is 31.8. The number of Topliss-reactive ketones (excluding diaryl/α,β-unsaturated/α-hetero) is 1. The van der Waals surface area contributed by atoms with E-state index in [-0.39, 0.29) is 11.3 Å². The van der Waals surface area contributed by atoms with Gasteiger partial charge in [-0.15, -0.1) is 0 Å². The van der Waals surface area contributed by atoms with Gasteiger partial charge in [-0.25, -0.2) is 0 Å². The smallest absolute Gasteiger partial charge is 0.295 e. The van der Waals surface area contributed by atoms with Gasteiger partial charge in [-0.1, -0.05) is 69.2 Å². The van der Waals surface area contributed by atoms with Crippen LogP contribution in [0, 0.1) is 6.92 Å². The van der Waals surface area contributed by atoms with Crippen LogP contribution in [0.1, 0.15) is 68.3 Å². The highest BCUT2D eigenvalue weighted by atomic mass is 16.5. The molecule has 1 fully saturated rings. The van der Waals surface area contributed by atoms with Crippen molar-refractivity contribution in [3.63, 3.8) is 0 Å². The van der Waals surface area contributed by atoms with Gasteiger partial charge in [0, 0.05) is 12.1 Å². The van der Waals surface area contributed by atoms with E-state index >= 15 is 0 Å². The molecule has 3 aromatic rings. The molecule has 1 aliphatic heterocycles. The number of likely N-dealkylation sites (tertiary alicyclic amines) is 1. The zero-order chi connectivity index (χ0) is 30.8. The van der Waals surface area contributed by atoms with Crippen molar-refractivity contribution in [2.75, 3.05) is 32.8 Å². The van der Waals surface area contributed by atoms with Crippen LogP contribution in [0.25, 0.3) is 5.76 Å². The summed E-state index contributed by atoms with van der Waals surface area (Å²) in [6, 6.07) is 21.9. The molecule has 1 aliphatic rings. The van der Waals surface area contributed by atoms with Crippen molar-refractivity contribution in [2.24, 2.45) is 0 Å². The number of aliphatic hydroxyl groups excluding tert-OH is 1. The number of aliphatic hydroxyl groups is 1. The number of hydrogen-bond donors (Lipinski definition) is 1. The summed E-state index contributed by atoms with van der Waals surface area (Å²) in [6.45, 7) is 12.5. The first-order chi connectivity index (χ1) is 20.9. The Balaban J connectivity index is 1.60. The van der Waals surface area contributed by atoms with Gasteiger partial charge in [0.2, 0.25) is 0 Å². The number of carbonyl (C=O) groups excluding carboxylic acids is 2. The molecule has 0 bridgehead atoms. The van der Waals surface area contributed by atoms with Crippen molar-refractivity contribution >= 4 is 17.4 Å². The van der Waals surface area contributed by atoms with Crippen molar-refractivity contribution in [1.29, 1.82) is 0 Å². The minimum absolute atomic E-state index is 0.0980. The maximum absolute atomic E-state index is 13.4. The van der Waals surface area contributed by atoms with Crippen LogP contribution in [0.15, 0.2) is 78.4 Å². The predicted molar refractivity (Wildman–Crippen MR) is 170 cm³/mol. The van der Waals surface area contributed by atoms with Crippen LogP contribution in [-0.4, -0.2) is 59.4 Å². The highest BCUT2D eigenvalue weighted by molar-refractivity contribution is 6.46. The maximum Gasteiger partial charge on any atom is 0.295 e. The van der Waals surface area contributed by atoms with E-state index in [4.69, 9.17) is 9.47 Å². The summed E-state index contributed by atoms with van der Waals surface area (Å²) in [6.07, 6.45) is 2.72. The monoisotopic (exact) mass is 584 g/mol. The molecule has 1 amide bonds. The normalized spacial score (nSPS) is 16.2. The third kappa shape index (κ3) is 8.05. The van der Waals surface area contributed by atoms with E-state index in [9.17, 15) is 14.7 Å². The van der Waals surface area contributed by atoms with E-state index in [2.05, 4.69) is 25.7 Å². The van der Waals surface area contributed by atoms with Crippen molar-refractivity contribution in [3.05, 3.63) is 101 Å². The van der Waals surface area contributed by atoms with E-state index < -0.39 is 17.7 Å². The number of hydrogen-bond acceptors (Lipinski definition) is 6. The molecule has 0 unspecified atom stereocenters. The molecule has 1 N–H and O–H groups in total. The third-order valence-electron chi connectivity index (χ3n) is 7.92. The lowest BCUT2D eigenvalue weighted by Gasteiger charge is -2.27. The maximum atomic E-state index is 13.4. The molecule has 7 heteroatoms. The number of aryl methyl sites for hydroxylation is 1. The molecule has 1 saturated heterocycles. The molecule has 0 spiro atoms. The summed E-state index contributed by atoms with van der Waals surface area (Å²) in [4.78, 5) is 30.7. The third-order valence-corrected chi connectivity index (χ3v) is 7.92. The van der Waals surface area contributed by atoms with Gasteiger partial charge in [-0.2, -0.15) is 0 Å². The van der Waals surface area contributed by atoms with Crippen molar-refractivity contribution in [1.82, 2.24) is 9.80 Å². The van der Waals surface area contributed by atoms with Crippen molar-refractivity contribution < 1.29 is 24.2 Å². The minimum Gasteiger partial charge on any atom is -0.507 e. The average molecular weight is 585 g/mol. The first-order valence-corrected chi connectivity index (χ1v) is 15.4. The fourth-order valence-corrected chi connectivity index (χ4v) is 5.26. The van der Waals surface area contributed by atoms with Crippen LogP contribution in [0.5, 0.6) is 11.5 Å². The summed E-state index contributed by atoms with van der Waals surface area (Å²) in [5.74, 6) is -0.0789. The molecule has 0 aliphatic carbocycles. The molecule has 1 atom stereocenters. The molecule has 43 heavy (non-hydrogen) atoms. The molecule has 0 aromatic heterocycles. The van der Waals surface area contributed by atoms with E-state index in [0.717, 1.165) is 55.8 Å². The van der Waals surface area contributed by atoms with Crippen LogP contribution in [0.3, 0.4) is 0 Å². The Bertz CT molecular complexity index is 1380. The second kappa shape index (κ2) is 15.4. The number of carbonyl (C=O) groups is 2. The van der Waals surface area contributed by atoms with Gasteiger partial charge in [0.15, 0.2) is 0 Å². The second-order valence-corrected chi connectivity index (χ2v) is 10.9. The lowest BCUT2D eigenvalue weighted by Crippen LogP contribution is -2.33. The molecular weight excluding hydrogens is 540 g/mol. The van der Waals surface area contributed by atoms with E-state index in [0.29, 0.717) is 31.1 Å². The molecule has 0 saturated carbocycles. The molecule has 1 heterocycles. The summed E-state index contributed by atoms with van der Waals surface area (Å²) in [5, 5.41) is 11.5. The SMILES string of the molecule is CCCCOc1ccc([C@@H]2C(=C(O)c3ccc(OCc4ccc(C)cc4)cc3)C(=O)C(=O)N2CCCN(CC)CC)cc1. The number of amides is 1. The van der Waals surface area contributed by atoms with Crippen molar-refractivity contribution in [2.45, 2.75) is 59.6 Å². The highest BCUT2D eigenvalue weighted by Gasteiger charge is 2.45. The lowest BCUT2D eigenvalue weighted by atomic mass is 9.95. The van der Waals surface area contributed by atoms with Gasteiger partial charge < -0.3 is 24.4 Å². The molecule has 228 valence electrons. The van der Waals surface area contributed by atoms with Crippen LogP contribution in [-0.2, 0) is 16.2 Å². The molecule has 3 aromatic carbocycles. The van der Waals surface area contributed by atoms with Crippen LogP contribution < -0.4 is 9.47 Å². The Labute approximate surface area is 255 Å². The quantitative estimate of drug-likeness (QED) is 0.0906. The zero-order valence-corrected chi connectivity index (χ0v) is 25.8. The average Bonchev–Trinajstić information content (AvgIpc) is 3.28. The minimum atomic E-state index is -0.696. The van der Waals surface area contributed by atoms with Crippen molar-refractivity contribution in [3.8, 4) is 11.5 Å². The highest BCUT2D eigenvalue weighted by Crippen LogP contribution is 2.40. The fraction of sp³-hybridized carbons (Fsp3) is 0.389. The summed E-state index contributed by atoms with van der Waals surface area (Å²) >= 11 is 0. The largest absolute Gasteiger partial charge is 0.507 e. The number of nitrogens with zero attached hydrogens (tertiary/aromatic N) is 2. The van der Waals surface area contributed by atoms with Gasteiger partial charge in [0.25, 0.3) is 11.7 Å². The lowest BCUT2D eigenvalue weighted by molar-refractivity contribution is -0.140. The summed E-state index contributed by atoms with van der Waals surface area (Å²) in [7, 11) is 0. The first-order valence-electron chi connectivity index (χ1n) is 15.4. The number of rotatable bonds is 15. The summed E-state index contributed by atoms with van der Waals surface area (Å²) in [5.41, 5.74) is 3.55. The Morgan fingerprint density at radius 1 is 0.837 bits per heavy atom. The van der Waals surface area contributed by atoms with E-state index in [1.165, 1.54) is 5.56 Å². The van der Waals surface area contributed by atoms with Gasteiger partial charge in [0.05, 0.1) is 18.2 Å². The van der Waals surface area contributed by atoms with Gasteiger partial charge >= 0.3 is 0 Å². The number of unbranched alkanes of at least 4 members (excludes halogenated alkanes) is 1. The Kier molecular flexibility index (Phi) is 11.4. The topological polar surface area (TPSA) is 79.3 Å². The van der Waals surface area contributed by atoms with Crippen LogP contribution in [0.4, 0.5) is 0 Å². The zero-order valence-electron chi connectivity index (χ0n) is 25.8. The van der Waals surface area contributed by atoms with Gasteiger partial charge in [-0.3, -0.25) is 9.59 Å². The predicted octanol–water partition coefficient (Wildman–Crippen LogP) is 6.91. The number of ether oxygens (including phenoxy) is 2. The molecule has 0 radical (unpaired) electrons. The second-order valence-electron chi connectivity index (χ2n) is 10.9. The summed E-state index contributed by atoms with van der Waals surface area (Å²) < 4.78 is 11.8.